The maximum atomic E-state index is 11.2. The molecular weight excluding hydrogens is 290 g/mol. The van der Waals surface area contributed by atoms with Crippen molar-refractivity contribution in [2.45, 2.75) is 36.0 Å². The lowest BCUT2D eigenvalue weighted by Crippen LogP contribution is -2.01. The summed E-state index contributed by atoms with van der Waals surface area (Å²) in [5, 5.41) is 10.1. The summed E-state index contributed by atoms with van der Waals surface area (Å²) >= 11 is 6.07. The van der Waals surface area contributed by atoms with Crippen molar-refractivity contribution in [2.75, 3.05) is 5.75 Å². The van der Waals surface area contributed by atoms with Crippen LogP contribution in [0.3, 0.4) is 0 Å². The number of benzene rings is 1. The van der Waals surface area contributed by atoms with Crippen molar-refractivity contribution >= 4 is 41.3 Å². The van der Waals surface area contributed by atoms with Crippen LogP contribution < -0.4 is 0 Å². The molecule has 0 unspecified atom stereocenters. The van der Waals surface area contributed by atoms with Gasteiger partial charge in [0.15, 0.2) is 0 Å². The molecule has 0 spiro atoms. The summed E-state index contributed by atoms with van der Waals surface area (Å²) in [4.78, 5) is 17.1. The Labute approximate surface area is 128 Å². The topological polar surface area (TPSA) is 50.2 Å². The maximum Gasteiger partial charge on any atom is 0.354 e. The van der Waals surface area contributed by atoms with Gasteiger partial charge in [-0.15, -0.1) is 24.4 Å². The van der Waals surface area contributed by atoms with E-state index in [4.69, 9.17) is 0 Å². The lowest BCUT2D eigenvalue weighted by molar-refractivity contribution is 0.0690. The molecule has 1 aromatic carbocycles. The third-order valence-electron chi connectivity index (χ3n) is 3.00. The number of pyridine rings is 1. The first kappa shape index (κ1) is 15.2. The van der Waals surface area contributed by atoms with E-state index >= 15 is 0 Å². The Balaban J connectivity index is 2.40. The molecule has 0 saturated heterocycles. The molecule has 5 heteroatoms. The van der Waals surface area contributed by atoms with Gasteiger partial charge in [-0.3, -0.25) is 0 Å². The predicted octanol–water partition coefficient (Wildman–Crippen LogP) is 4.50. The zero-order valence-corrected chi connectivity index (χ0v) is 13.0. The number of unbranched alkanes of at least 4 members (excludes halogenated alkanes) is 2. The van der Waals surface area contributed by atoms with E-state index < -0.39 is 5.97 Å². The Morgan fingerprint density at radius 3 is 2.90 bits per heavy atom. The first-order valence-electron chi connectivity index (χ1n) is 6.62. The van der Waals surface area contributed by atoms with Crippen molar-refractivity contribution in [3.8, 4) is 0 Å². The van der Waals surface area contributed by atoms with Crippen molar-refractivity contribution in [3.05, 3.63) is 30.0 Å². The summed E-state index contributed by atoms with van der Waals surface area (Å²) in [5.74, 6) is -0.0121. The van der Waals surface area contributed by atoms with Gasteiger partial charge >= 0.3 is 5.97 Å². The number of thioether (sulfide) groups is 1. The highest BCUT2D eigenvalue weighted by Crippen LogP contribution is 2.31. The molecule has 0 aliphatic carbocycles. The first-order chi connectivity index (χ1) is 9.63. The lowest BCUT2D eigenvalue weighted by atomic mass is 10.2. The van der Waals surface area contributed by atoms with Gasteiger partial charge in [0.25, 0.3) is 0 Å². The number of carboxylic acids is 1. The van der Waals surface area contributed by atoms with Gasteiger partial charge < -0.3 is 5.11 Å². The minimum atomic E-state index is -1.00. The second-order valence-electron chi connectivity index (χ2n) is 4.54. The molecule has 0 aliphatic heterocycles. The largest absolute Gasteiger partial charge is 0.477 e. The smallest absolute Gasteiger partial charge is 0.354 e. The normalized spacial score (nSPS) is 10.9. The van der Waals surface area contributed by atoms with Crippen LogP contribution in [0.4, 0.5) is 0 Å². The van der Waals surface area contributed by atoms with E-state index in [1.54, 1.807) is 17.8 Å². The quantitative estimate of drug-likeness (QED) is 0.468. The van der Waals surface area contributed by atoms with Gasteiger partial charge in [-0.25, -0.2) is 9.78 Å². The number of carbonyl (C=O) groups is 1. The van der Waals surface area contributed by atoms with Crippen molar-refractivity contribution in [1.29, 1.82) is 0 Å². The number of thiol groups is 1. The third-order valence-corrected chi connectivity index (χ3v) is 4.51. The Hall–Kier alpha value is -1.20. The Morgan fingerprint density at radius 1 is 1.40 bits per heavy atom. The molecule has 1 heterocycles. The van der Waals surface area contributed by atoms with Crippen LogP contribution >= 0.6 is 24.4 Å². The minimum absolute atomic E-state index is 0.0805. The van der Waals surface area contributed by atoms with Crippen molar-refractivity contribution in [2.24, 2.45) is 0 Å². The molecule has 1 N–H and O–H groups in total. The summed E-state index contributed by atoms with van der Waals surface area (Å²) in [6.45, 7) is 2.17. The van der Waals surface area contributed by atoms with Gasteiger partial charge in [-0.05, 0) is 24.3 Å². The monoisotopic (exact) mass is 307 g/mol. The Morgan fingerprint density at radius 2 is 2.20 bits per heavy atom. The van der Waals surface area contributed by atoms with Crippen LogP contribution in [0.2, 0.25) is 0 Å². The molecule has 0 saturated carbocycles. The third kappa shape index (κ3) is 3.46. The van der Waals surface area contributed by atoms with Crippen molar-refractivity contribution in [1.82, 2.24) is 4.98 Å². The minimum Gasteiger partial charge on any atom is -0.477 e. The van der Waals surface area contributed by atoms with Gasteiger partial charge in [0.2, 0.25) is 0 Å². The number of aromatic nitrogens is 1. The number of fused-ring (bicyclic) bond motifs is 1. The number of aromatic carboxylic acids is 1. The van der Waals surface area contributed by atoms with Crippen LogP contribution in [0.25, 0.3) is 10.9 Å². The number of hydrogen-bond acceptors (Lipinski definition) is 4. The van der Waals surface area contributed by atoms with Gasteiger partial charge in [0, 0.05) is 15.2 Å². The fourth-order valence-corrected chi connectivity index (χ4v) is 3.31. The average molecular weight is 307 g/mol. The molecular formula is C15H17NO2S2. The van der Waals surface area contributed by atoms with Crippen LogP contribution in [-0.2, 0) is 0 Å². The SMILES string of the molecule is CCCCCSc1cc(C(=O)O)nc2c(S)cccc12. The molecule has 20 heavy (non-hydrogen) atoms. The molecule has 0 radical (unpaired) electrons. The molecule has 106 valence electrons. The van der Waals surface area contributed by atoms with Crippen LogP contribution in [0, 0.1) is 0 Å². The second-order valence-corrected chi connectivity index (χ2v) is 6.16. The number of carboxylic acid groups (broad SMARTS) is 1. The highest BCUT2D eigenvalue weighted by molar-refractivity contribution is 7.99. The van der Waals surface area contributed by atoms with Crippen LogP contribution in [0.15, 0.2) is 34.1 Å². The van der Waals surface area contributed by atoms with Crippen molar-refractivity contribution in [3.63, 3.8) is 0 Å². The van der Waals surface area contributed by atoms with E-state index in [2.05, 4.69) is 24.5 Å². The molecule has 2 aromatic rings. The van der Waals surface area contributed by atoms with Gasteiger partial charge in [0.05, 0.1) is 5.52 Å². The Kier molecular flexibility index (Phi) is 5.31. The summed E-state index contributed by atoms with van der Waals surface area (Å²) in [6, 6.07) is 7.38. The van der Waals surface area contributed by atoms with Crippen LogP contribution in [0.1, 0.15) is 36.7 Å². The average Bonchev–Trinajstić information content (AvgIpc) is 2.44. The zero-order chi connectivity index (χ0) is 14.5. The molecule has 0 bridgehead atoms. The van der Waals surface area contributed by atoms with E-state index in [0.29, 0.717) is 10.4 Å². The number of rotatable bonds is 6. The standard InChI is InChI=1S/C15H17NO2S2/c1-2-3-4-8-20-13-9-11(15(17)18)16-14-10(13)6-5-7-12(14)19/h5-7,9,19H,2-4,8H2,1H3,(H,17,18). The zero-order valence-electron chi connectivity index (χ0n) is 11.3. The van der Waals surface area contributed by atoms with Gasteiger partial charge in [0.1, 0.15) is 5.69 Å². The lowest BCUT2D eigenvalue weighted by Gasteiger charge is -2.09. The molecule has 0 fully saturated rings. The van der Waals surface area contributed by atoms with E-state index in [0.717, 1.165) is 22.5 Å². The van der Waals surface area contributed by atoms with Gasteiger partial charge in [-0.1, -0.05) is 31.9 Å². The summed E-state index contributed by atoms with van der Waals surface area (Å²) in [6.07, 6.45) is 3.51. The van der Waals surface area contributed by atoms with E-state index in [1.807, 2.05) is 18.2 Å². The van der Waals surface area contributed by atoms with E-state index in [9.17, 15) is 9.90 Å². The predicted molar refractivity (Wildman–Crippen MR) is 86.2 cm³/mol. The molecule has 0 amide bonds. The van der Waals surface area contributed by atoms with Gasteiger partial charge in [-0.2, -0.15) is 0 Å². The van der Waals surface area contributed by atoms with E-state index in [-0.39, 0.29) is 5.69 Å². The summed E-state index contributed by atoms with van der Waals surface area (Å²) in [5.41, 5.74) is 0.741. The first-order valence-corrected chi connectivity index (χ1v) is 8.05. The number of nitrogens with zero attached hydrogens (tertiary/aromatic N) is 1. The van der Waals surface area contributed by atoms with Crippen molar-refractivity contribution < 1.29 is 9.90 Å². The fraction of sp³-hybridized carbons (Fsp3) is 0.333. The maximum absolute atomic E-state index is 11.2. The van der Waals surface area contributed by atoms with Crippen LogP contribution in [-0.4, -0.2) is 21.8 Å². The van der Waals surface area contributed by atoms with E-state index in [1.165, 1.54) is 12.8 Å². The highest BCUT2D eigenvalue weighted by Gasteiger charge is 2.12. The fourth-order valence-electron chi connectivity index (χ4n) is 1.97. The molecule has 1 aromatic heterocycles. The highest BCUT2D eigenvalue weighted by atomic mass is 32.2. The summed E-state index contributed by atoms with van der Waals surface area (Å²) in [7, 11) is 0. The van der Waals surface area contributed by atoms with Crippen LogP contribution in [0.5, 0.6) is 0 Å². The molecule has 0 aliphatic rings. The molecule has 3 nitrogen and oxygen atoms in total. The number of para-hydroxylation sites is 1. The summed E-state index contributed by atoms with van der Waals surface area (Å²) < 4.78 is 0. The molecule has 0 atom stereocenters. The number of hydrogen-bond donors (Lipinski definition) is 2. The second kappa shape index (κ2) is 6.99. The Bertz CT molecular complexity index is 629. The molecule has 2 rings (SSSR count).